The summed E-state index contributed by atoms with van der Waals surface area (Å²) in [5, 5.41) is 0. The van der Waals surface area contributed by atoms with E-state index in [9.17, 15) is 22.8 Å². The van der Waals surface area contributed by atoms with Crippen LogP contribution in [-0.2, 0) is 11.2 Å². The molecule has 2 heterocycles. The molecule has 1 unspecified atom stereocenters. The molecule has 30 heavy (non-hydrogen) atoms. The van der Waals surface area contributed by atoms with Crippen LogP contribution in [0.15, 0.2) is 42.6 Å². The second-order valence-electron chi connectivity index (χ2n) is 7.07. The number of carbonyl (C=O) groups excluding carboxylic acids is 2. The summed E-state index contributed by atoms with van der Waals surface area (Å²) in [7, 11) is 2.03. The highest BCUT2D eigenvalue weighted by Gasteiger charge is 2.26. The number of pyridine rings is 1. The van der Waals surface area contributed by atoms with Crippen molar-refractivity contribution in [3.05, 3.63) is 59.7 Å². The Morgan fingerprint density at radius 2 is 1.87 bits per heavy atom. The van der Waals surface area contributed by atoms with Gasteiger partial charge >= 0.3 is 12.3 Å². The second-order valence-corrected chi connectivity index (χ2v) is 7.07. The number of likely N-dealkylation sites (N-methyl/N-ethyl adjacent to an activating group) is 1. The Labute approximate surface area is 171 Å². The molecule has 2 amide bonds. The minimum atomic E-state index is -3.22. The van der Waals surface area contributed by atoms with Crippen LogP contribution in [0.1, 0.15) is 16.1 Å². The molecule has 1 atom stereocenters. The van der Waals surface area contributed by atoms with E-state index >= 15 is 0 Å². The molecule has 1 aliphatic heterocycles. The Balaban J connectivity index is 1.65. The molecule has 0 spiro atoms. The summed E-state index contributed by atoms with van der Waals surface area (Å²) in [6.07, 6.45) is -1.29. The van der Waals surface area contributed by atoms with E-state index in [0.29, 0.717) is 6.42 Å². The lowest BCUT2D eigenvalue weighted by Crippen LogP contribution is -2.53. The van der Waals surface area contributed by atoms with Crippen LogP contribution in [0.4, 0.5) is 18.9 Å². The fourth-order valence-corrected chi connectivity index (χ4v) is 3.32. The molecule has 3 rings (SSSR count). The molecule has 0 radical (unpaired) electrons. The molecule has 1 aromatic heterocycles. The monoisotopic (exact) mass is 421 g/mol. The maximum atomic E-state index is 13.3. The topological polar surface area (TPSA) is 77.6 Å². The molecular weight excluding hydrogens is 399 g/mol. The number of alkyl halides is 2. The molecule has 10 heteroatoms. The zero-order chi connectivity index (χ0) is 21.7. The van der Waals surface area contributed by atoms with E-state index in [1.54, 1.807) is 23.6 Å². The van der Waals surface area contributed by atoms with Gasteiger partial charge in [-0.3, -0.25) is 25.4 Å². The largest absolute Gasteiger partial charge is 0.366 e. The number of hydrazine groups is 1. The molecule has 0 saturated carbocycles. The summed E-state index contributed by atoms with van der Waals surface area (Å²) < 4.78 is 37.6. The zero-order valence-electron chi connectivity index (χ0n) is 16.3. The average Bonchev–Trinajstić information content (AvgIpc) is 2.73. The maximum Gasteiger partial charge on any atom is 0.317 e. The van der Waals surface area contributed by atoms with E-state index in [4.69, 9.17) is 0 Å². The van der Waals surface area contributed by atoms with Crippen LogP contribution in [0.5, 0.6) is 0 Å². The maximum absolute atomic E-state index is 13.3. The van der Waals surface area contributed by atoms with Crippen molar-refractivity contribution in [1.29, 1.82) is 0 Å². The van der Waals surface area contributed by atoms with Gasteiger partial charge in [0.05, 0.1) is 5.56 Å². The first-order chi connectivity index (χ1) is 14.3. The predicted molar refractivity (Wildman–Crippen MR) is 105 cm³/mol. The Hall–Kier alpha value is -3.14. The number of nitrogens with one attached hydrogen (secondary N) is 2. The number of halogens is 3. The Bertz CT molecular complexity index is 877. The van der Waals surface area contributed by atoms with Crippen molar-refractivity contribution in [3.63, 3.8) is 0 Å². The van der Waals surface area contributed by atoms with Crippen LogP contribution in [0.2, 0.25) is 0 Å². The fourth-order valence-electron chi connectivity index (χ4n) is 3.32. The predicted octanol–water partition coefficient (Wildman–Crippen LogP) is 1.61. The third-order valence-electron chi connectivity index (χ3n) is 4.87. The van der Waals surface area contributed by atoms with Gasteiger partial charge in [0.15, 0.2) is 0 Å². The Morgan fingerprint density at radius 3 is 2.50 bits per heavy atom. The molecule has 2 N–H and O–H groups in total. The van der Waals surface area contributed by atoms with E-state index in [1.165, 1.54) is 24.4 Å². The van der Waals surface area contributed by atoms with Gasteiger partial charge in [-0.05, 0) is 43.4 Å². The van der Waals surface area contributed by atoms with Gasteiger partial charge in [-0.1, -0.05) is 0 Å². The summed E-state index contributed by atoms with van der Waals surface area (Å²) in [6, 6.07) is 9.67. The molecule has 1 aliphatic rings. The van der Waals surface area contributed by atoms with Gasteiger partial charge in [-0.25, -0.2) is 4.39 Å². The molecule has 7 nitrogen and oxygen atoms in total. The number of nitrogens with zero attached hydrogens (tertiary/aromatic N) is 3. The molecule has 1 saturated heterocycles. The van der Waals surface area contributed by atoms with E-state index in [2.05, 4.69) is 14.8 Å². The van der Waals surface area contributed by atoms with E-state index < -0.39 is 18.2 Å². The van der Waals surface area contributed by atoms with Crippen LogP contribution < -0.4 is 15.8 Å². The summed E-state index contributed by atoms with van der Waals surface area (Å²) in [6.45, 7) is 2.46. The normalized spacial score (nSPS) is 17.1. The van der Waals surface area contributed by atoms with Gasteiger partial charge in [0.25, 0.3) is 5.91 Å². The number of rotatable bonds is 5. The van der Waals surface area contributed by atoms with Gasteiger partial charge in [-0.15, -0.1) is 0 Å². The summed E-state index contributed by atoms with van der Waals surface area (Å²) in [5.74, 6) is -2.62. The van der Waals surface area contributed by atoms with Crippen molar-refractivity contribution in [2.75, 3.05) is 31.6 Å². The van der Waals surface area contributed by atoms with Crippen LogP contribution in [0, 0.1) is 5.82 Å². The summed E-state index contributed by atoms with van der Waals surface area (Å²) >= 11 is 0. The first-order valence-electron chi connectivity index (χ1n) is 9.37. The van der Waals surface area contributed by atoms with Gasteiger partial charge in [0.1, 0.15) is 5.82 Å². The number of hydrogen-bond donors (Lipinski definition) is 2. The molecule has 1 fully saturated rings. The fraction of sp³-hybridized carbons (Fsp3) is 0.350. The van der Waals surface area contributed by atoms with Crippen LogP contribution in [0.25, 0.3) is 0 Å². The third-order valence-corrected chi connectivity index (χ3v) is 4.87. The Kier molecular flexibility index (Phi) is 6.88. The first-order valence-corrected chi connectivity index (χ1v) is 9.37. The Morgan fingerprint density at radius 1 is 1.13 bits per heavy atom. The summed E-state index contributed by atoms with van der Waals surface area (Å²) in [4.78, 5) is 31.5. The minimum absolute atomic E-state index is 0.103. The first kappa shape index (κ1) is 21.6. The number of aromatic nitrogens is 1. The number of carbonyl (C=O) groups is 2. The van der Waals surface area contributed by atoms with Gasteiger partial charge < -0.3 is 9.80 Å². The molecule has 0 aliphatic carbocycles. The number of anilines is 1. The standard InChI is InChI=1S/C20H22F3N5O2/c1-27-8-9-28(16-6-3-14(21)4-7-16)17(12-27)10-15-5-2-13(11-24-15)19(29)25-26-20(30)18(22)23/h2-7,11,17-18H,8-10,12H2,1H3,(H,25,29)(H,26,30). The molecular formula is C20H22F3N5O2. The van der Waals surface area contributed by atoms with Crippen molar-refractivity contribution >= 4 is 17.5 Å². The number of amides is 2. The van der Waals surface area contributed by atoms with Gasteiger partial charge in [0, 0.05) is 49.7 Å². The van der Waals surface area contributed by atoms with Crippen LogP contribution in [0.3, 0.4) is 0 Å². The number of hydrogen-bond acceptors (Lipinski definition) is 5. The van der Waals surface area contributed by atoms with E-state index in [-0.39, 0.29) is 17.4 Å². The lowest BCUT2D eigenvalue weighted by Gasteiger charge is -2.41. The molecule has 1 aromatic carbocycles. The van der Waals surface area contributed by atoms with Gasteiger partial charge in [-0.2, -0.15) is 8.78 Å². The van der Waals surface area contributed by atoms with Crippen molar-refractivity contribution in [3.8, 4) is 0 Å². The zero-order valence-corrected chi connectivity index (χ0v) is 16.3. The average molecular weight is 421 g/mol. The van der Waals surface area contributed by atoms with E-state index in [0.717, 1.165) is 31.0 Å². The lowest BCUT2D eigenvalue weighted by molar-refractivity contribution is -0.132. The van der Waals surface area contributed by atoms with Crippen molar-refractivity contribution in [2.45, 2.75) is 18.9 Å². The van der Waals surface area contributed by atoms with Gasteiger partial charge in [0.2, 0.25) is 0 Å². The molecule has 0 bridgehead atoms. The minimum Gasteiger partial charge on any atom is -0.366 e. The van der Waals surface area contributed by atoms with Crippen molar-refractivity contribution in [1.82, 2.24) is 20.7 Å². The second kappa shape index (κ2) is 9.57. The smallest absolute Gasteiger partial charge is 0.317 e. The SMILES string of the molecule is CN1CCN(c2ccc(F)cc2)C(Cc2ccc(C(=O)NNC(=O)C(F)F)cn2)C1. The molecule has 160 valence electrons. The van der Waals surface area contributed by atoms with Crippen molar-refractivity contribution in [2.24, 2.45) is 0 Å². The highest BCUT2D eigenvalue weighted by molar-refractivity contribution is 5.95. The lowest BCUT2D eigenvalue weighted by atomic mass is 10.0. The summed E-state index contributed by atoms with van der Waals surface area (Å²) in [5.41, 5.74) is 5.36. The molecule has 2 aromatic rings. The van der Waals surface area contributed by atoms with Crippen molar-refractivity contribution < 1.29 is 22.8 Å². The highest BCUT2D eigenvalue weighted by atomic mass is 19.3. The van der Waals surface area contributed by atoms with Crippen LogP contribution >= 0.6 is 0 Å². The highest BCUT2D eigenvalue weighted by Crippen LogP contribution is 2.22. The number of piperazine rings is 1. The van der Waals surface area contributed by atoms with E-state index in [1.807, 2.05) is 12.5 Å². The van der Waals surface area contributed by atoms with Crippen LogP contribution in [-0.4, -0.2) is 60.8 Å². The quantitative estimate of drug-likeness (QED) is 0.718. The third kappa shape index (κ3) is 5.47. The number of benzene rings is 1.